The summed E-state index contributed by atoms with van der Waals surface area (Å²) < 4.78 is 0. The minimum Gasteiger partial charge on any atom is -0.0747 e. The van der Waals surface area contributed by atoms with E-state index in [-0.39, 0.29) is 0 Å². The van der Waals surface area contributed by atoms with E-state index in [1.807, 2.05) is 13.8 Å². The van der Waals surface area contributed by atoms with Crippen LogP contribution in [0.3, 0.4) is 0 Å². The van der Waals surface area contributed by atoms with Gasteiger partial charge in [0.05, 0.1) is 0 Å². The van der Waals surface area contributed by atoms with Crippen LogP contribution in [0.5, 0.6) is 0 Å². The van der Waals surface area contributed by atoms with Crippen LogP contribution in [0, 0.1) is 0 Å². The van der Waals surface area contributed by atoms with Crippen LogP contribution in [0.2, 0.25) is 0 Å². The standard InChI is InChI=1S/C11H18/c1-4-5-6-7-8-9-10-11(2)3/h8H,4-7H2,1-3H3. The van der Waals surface area contributed by atoms with Gasteiger partial charge in [0.15, 0.2) is 0 Å². The molecule has 0 spiro atoms. The molecule has 0 N–H and O–H groups in total. The quantitative estimate of drug-likeness (QED) is 0.422. The minimum atomic E-state index is 1.15. The fourth-order valence-corrected chi connectivity index (χ4v) is 0.764. The van der Waals surface area contributed by atoms with Crippen molar-refractivity contribution in [2.45, 2.75) is 46.5 Å². The summed E-state index contributed by atoms with van der Waals surface area (Å²) >= 11 is 0. The van der Waals surface area contributed by atoms with E-state index in [1.165, 1.54) is 24.8 Å². The summed E-state index contributed by atoms with van der Waals surface area (Å²) in [5.41, 5.74) is 7.26. The summed E-state index contributed by atoms with van der Waals surface area (Å²) in [6.45, 7) is 6.29. The molecule has 0 aliphatic carbocycles. The topological polar surface area (TPSA) is 0 Å². The molecule has 0 heteroatoms. The molecule has 0 aliphatic heterocycles. The van der Waals surface area contributed by atoms with Crippen molar-refractivity contribution >= 4 is 0 Å². The highest BCUT2D eigenvalue weighted by Gasteiger charge is 1.79. The van der Waals surface area contributed by atoms with E-state index in [0.717, 1.165) is 6.42 Å². The van der Waals surface area contributed by atoms with E-state index in [9.17, 15) is 0 Å². The van der Waals surface area contributed by atoms with Crippen LogP contribution in [0.15, 0.2) is 23.1 Å². The molecule has 0 radical (unpaired) electrons. The van der Waals surface area contributed by atoms with Gasteiger partial charge in [0, 0.05) is 0 Å². The Morgan fingerprint density at radius 3 is 2.55 bits per heavy atom. The van der Waals surface area contributed by atoms with Crippen LogP contribution in [-0.4, -0.2) is 0 Å². The Kier molecular flexibility index (Phi) is 6.94. The lowest BCUT2D eigenvalue weighted by Crippen LogP contribution is -1.68. The lowest BCUT2D eigenvalue weighted by Gasteiger charge is -1.87. The minimum absolute atomic E-state index is 1.15. The fourth-order valence-electron chi connectivity index (χ4n) is 0.764. The Morgan fingerprint density at radius 1 is 1.27 bits per heavy atom. The van der Waals surface area contributed by atoms with Crippen LogP contribution in [0.25, 0.3) is 0 Å². The third-order valence-corrected chi connectivity index (χ3v) is 1.38. The average molecular weight is 150 g/mol. The van der Waals surface area contributed by atoms with Crippen molar-refractivity contribution in [2.75, 3.05) is 0 Å². The van der Waals surface area contributed by atoms with Gasteiger partial charge < -0.3 is 0 Å². The lowest BCUT2D eigenvalue weighted by molar-refractivity contribution is 0.729. The number of hydrogen-bond acceptors (Lipinski definition) is 0. The third kappa shape index (κ3) is 9.30. The fraction of sp³-hybridized carbons (Fsp3) is 0.636. The Labute approximate surface area is 70.3 Å². The predicted molar refractivity (Wildman–Crippen MR) is 50.6 cm³/mol. The second-order valence-corrected chi connectivity index (χ2v) is 2.97. The van der Waals surface area contributed by atoms with Crippen LogP contribution >= 0.6 is 0 Å². The number of rotatable bonds is 4. The van der Waals surface area contributed by atoms with Gasteiger partial charge in [-0.1, -0.05) is 31.2 Å². The maximum absolute atomic E-state index is 3.03. The van der Waals surface area contributed by atoms with Crippen molar-refractivity contribution in [3.63, 3.8) is 0 Å². The molecule has 0 heterocycles. The molecule has 0 aromatic heterocycles. The summed E-state index contributed by atoms with van der Waals surface area (Å²) in [7, 11) is 0. The summed E-state index contributed by atoms with van der Waals surface area (Å²) in [5.74, 6) is 0. The lowest BCUT2D eigenvalue weighted by atomic mass is 10.2. The van der Waals surface area contributed by atoms with Crippen molar-refractivity contribution in [2.24, 2.45) is 0 Å². The van der Waals surface area contributed by atoms with E-state index in [4.69, 9.17) is 0 Å². The number of hydrogen-bond donors (Lipinski definition) is 0. The Hall–Kier alpha value is -0.700. The molecule has 0 aromatic rings. The zero-order valence-electron chi connectivity index (χ0n) is 7.91. The molecular weight excluding hydrogens is 132 g/mol. The maximum Gasteiger partial charge on any atom is -0.0261 e. The summed E-state index contributed by atoms with van der Waals surface area (Å²) in [5, 5.41) is 0. The first-order chi connectivity index (χ1) is 5.27. The smallest absolute Gasteiger partial charge is 0.0261 e. The molecule has 0 amide bonds. The average Bonchev–Trinajstić information content (AvgIpc) is 1.96. The molecule has 0 nitrogen and oxygen atoms in total. The van der Waals surface area contributed by atoms with Crippen LogP contribution < -0.4 is 0 Å². The van der Waals surface area contributed by atoms with Crippen molar-refractivity contribution in [3.05, 3.63) is 23.1 Å². The van der Waals surface area contributed by atoms with Crippen molar-refractivity contribution in [3.8, 4) is 0 Å². The highest BCUT2D eigenvalue weighted by molar-refractivity contribution is 4.94. The zero-order chi connectivity index (χ0) is 8.53. The first-order valence-corrected chi connectivity index (χ1v) is 4.40. The van der Waals surface area contributed by atoms with E-state index in [0.29, 0.717) is 0 Å². The van der Waals surface area contributed by atoms with Gasteiger partial charge in [-0.25, -0.2) is 0 Å². The maximum atomic E-state index is 3.03. The van der Waals surface area contributed by atoms with Crippen molar-refractivity contribution in [1.82, 2.24) is 0 Å². The monoisotopic (exact) mass is 150 g/mol. The Balaban J connectivity index is 3.53. The summed E-state index contributed by atoms with van der Waals surface area (Å²) in [6, 6.07) is 0. The van der Waals surface area contributed by atoms with Gasteiger partial charge in [0.2, 0.25) is 0 Å². The van der Waals surface area contributed by atoms with E-state index >= 15 is 0 Å². The molecule has 11 heavy (non-hydrogen) atoms. The predicted octanol–water partition coefficient (Wildman–Crippen LogP) is 3.84. The third-order valence-electron chi connectivity index (χ3n) is 1.38. The van der Waals surface area contributed by atoms with Crippen LogP contribution in [0.4, 0.5) is 0 Å². The van der Waals surface area contributed by atoms with Gasteiger partial charge >= 0.3 is 0 Å². The molecule has 0 bridgehead atoms. The highest BCUT2D eigenvalue weighted by Crippen LogP contribution is 1.98. The molecule has 62 valence electrons. The van der Waals surface area contributed by atoms with Gasteiger partial charge in [-0.15, -0.1) is 0 Å². The second-order valence-electron chi connectivity index (χ2n) is 2.97. The largest absolute Gasteiger partial charge is 0.0747 e. The van der Waals surface area contributed by atoms with Gasteiger partial charge in [0.1, 0.15) is 0 Å². The molecular formula is C11H18. The second kappa shape index (κ2) is 7.41. The van der Waals surface area contributed by atoms with Gasteiger partial charge in [0.25, 0.3) is 0 Å². The highest BCUT2D eigenvalue weighted by atomic mass is 13.8. The Morgan fingerprint density at radius 2 is 2.00 bits per heavy atom. The molecule has 0 fully saturated rings. The van der Waals surface area contributed by atoms with Gasteiger partial charge in [-0.3, -0.25) is 0 Å². The first kappa shape index (κ1) is 10.3. The van der Waals surface area contributed by atoms with E-state index in [1.54, 1.807) is 0 Å². The molecule has 0 atom stereocenters. The summed E-state index contributed by atoms with van der Waals surface area (Å²) in [6.07, 6.45) is 7.12. The van der Waals surface area contributed by atoms with Crippen molar-refractivity contribution < 1.29 is 0 Å². The van der Waals surface area contributed by atoms with E-state index in [2.05, 4.69) is 24.5 Å². The molecule has 0 aromatic carbocycles. The van der Waals surface area contributed by atoms with Crippen LogP contribution in [-0.2, 0) is 0 Å². The zero-order valence-corrected chi connectivity index (χ0v) is 7.91. The number of allylic oxidation sites excluding steroid dienone is 2. The SMILES string of the molecule is CCCCCC=C=C=C(C)C. The van der Waals surface area contributed by atoms with E-state index < -0.39 is 0 Å². The van der Waals surface area contributed by atoms with Gasteiger partial charge in [-0.2, -0.15) is 0 Å². The van der Waals surface area contributed by atoms with Gasteiger partial charge in [-0.05, 0) is 38.3 Å². The normalized spacial score (nSPS) is 8.27. The molecule has 0 saturated carbocycles. The van der Waals surface area contributed by atoms with Crippen molar-refractivity contribution in [1.29, 1.82) is 0 Å². The number of unbranched alkanes of at least 4 members (excludes halogenated alkanes) is 3. The van der Waals surface area contributed by atoms with Crippen LogP contribution in [0.1, 0.15) is 46.5 Å². The molecule has 0 aliphatic rings. The molecule has 0 saturated heterocycles. The molecule has 0 unspecified atom stereocenters. The molecule has 0 rings (SSSR count). The Bertz CT molecular complexity index is 170. The summed E-state index contributed by atoms with van der Waals surface area (Å²) in [4.78, 5) is 0. The first-order valence-electron chi connectivity index (χ1n) is 4.40.